The fraction of sp³-hybridized carbons (Fsp3) is 0.467. The second-order valence-corrected chi connectivity index (χ2v) is 5.75. The number of carbonyl (C=O) groups excluding carboxylic acids is 1. The van der Waals surface area contributed by atoms with E-state index in [0.29, 0.717) is 11.9 Å². The highest BCUT2D eigenvalue weighted by Crippen LogP contribution is 2.20. The summed E-state index contributed by atoms with van der Waals surface area (Å²) in [6.07, 6.45) is 1.75. The molecule has 23 heavy (non-hydrogen) atoms. The molecule has 1 saturated heterocycles. The summed E-state index contributed by atoms with van der Waals surface area (Å²) in [5.74, 6) is 0.851. The van der Waals surface area contributed by atoms with Gasteiger partial charge in [0.2, 0.25) is 5.91 Å². The van der Waals surface area contributed by atoms with Crippen LogP contribution in [0.3, 0.4) is 0 Å². The summed E-state index contributed by atoms with van der Waals surface area (Å²) in [5, 5.41) is 17.8. The van der Waals surface area contributed by atoms with Crippen LogP contribution in [-0.2, 0) is 4.79 Å². The van der Waals surface area contributed by atoms with E-state index in [1.165, 1.54) is 0 Å². The number of nitrogens with one attached hydrogen (secondary N) is 2. The number of benzene rings is 1. The van der Waals surface area contributed by atoms with Gasteiger partial charge in [-0.3, -0.25) is 4.79 Å². The zero-order valence-corrected chi connectivity index (χ0v) is 14.0. The van der Waals surface area contributed by atoms with Crippen molar-refractivity contribution in [2.24, 2.45) is 5.92 Å². The molecule has 1 aliphatic rings. The van der Waals surface area contributed by atoms with Crippen molar-refractivity contribution in [3.05, 3.63) is 30.1 Å². The summed E-state index contributed by atoms with van der Waals surface area (Å²) in [5.41, 5.74) is 1.60. The topological polar surface area (TPSA) is 84.7 Å². The van der Waals surface area contributed by atoms with Gasteiger partial charge in [-0.05, 0) is 61.9 Å². The number of nitrogens with zero attached hydrogens (tertiary/aromatic N) is 4. The minimum atomic E-state index is 0. The normalized spacial score (nSPS) is 20.6. The first-order valence-corrected chi connectivity index (χ1v) is 7.53. The van der Waals surface area contributed by atoms with Gasteiger partial charge in [0.15, 0.2) is 5.82 Å². The van der Waals surface area contributed by atoms with Crippen LogP contribution in [0.1, 0.15) is 25.6 Å². The van der Waals surface area contributed by atoms with Gasteiger partial charge in [-0.25, -0.2) is 0 Å². The first-order valence-electron chi connectivity index (χ1n) is 7.53. The second kappa shape index (κ2) is 7.52. The molecular formula is C15H21ClN6O. The van der Waals surface area contributed by atoms with E-state index >= 15 is 0 Å². The van der Waals surface area contributed by atoms with Crippen molar-refractivity contribution in [3.63, 3.8) is 0 Å². The molecule has 1 aromatic carbocycles. The van der Waals surface area contributed by atoms with Crippen LogP contribution in [-0.4, -0.2) is 38.7 Å². The van der Waals surface area contributed by atoms with E-state index in [-0.39, 0.29) is 24.2 Å². The fourth-order valence-electron chi connectivity index (χ4n) is 2.80. The number of piperidine rings is 1. The summed E-state index contributed by atoms with van der Waals surface area (Å²) in [4.78, 5) is 12.4. The van der Waals surface area contributed by atoms with Gasteiger partial charge >= 0.3 is 0 Å². The van der Waals surface area contributed by atoms with E-state index in [1.807, 2.05) is 31.2 Å². The lowest BCUT2D eigenvalue weighted by Crippen LogP contribution is -2.40. The van der Waals surface area contributed by atoms with Crippen molar-refractivity contribution in [2.75, 3.05) is 11.9 Å². The van der Waals surface area contributed by atoms with Crippen molar-refractivity contribution in [1.29, 1.82) is 0 Å². The average molecular weight is 337 g/mol. The van der Waals surface area contributed by atoms with Gasteiger partial charge in [0, 0.05) is 17.6 Å². The van der Waals surface area contributed by atoms with Crippen LogP contribution in [0.2, 0.25) is 0 Å². The molecule has 124 valence electrons. The highest BCUT2D eigenvalue weighted by atomic mass is 35.5. The fourth-order valence-corrected chi connectivity index (χ4v) is 2.80. The largest absolute Gasteiger partial charge is 0.326 e. The molecule has 1 aliphatic heterocycles. The number of tetrazole rings is 1. The molecule has 0 aliphatic carbocycles. The minimum Gasteiger partial charge on any atom is -0.326 e. The summed E-state index contributed by atoms with van der Waals surface area (Å²) in [6, 6.07) is 7.94. The van der Waals surface area contributed by atoms with Crippen LogP contribution in [0.4, 0.5) is 5.69 Å². The Bertz CT molecular complexity index is 673. The number of carbonyl (C=O) groups is 1. The van der Waals surface area contributed by atoms with Crippen molar-refractivity contribution < 1.29 is 4.79 Å². The number of aromatic nitrogens is 4. The van der Waals surface area contributed by atoms with Crippen LogP contribution in [0.15, 0.2) is 24.3 Å². The number of rotatable bonds is 3. The Morgan fingerprint density at radius 2 is 2.26 bits per heavy atom. The molecule has 0 radical (unpaired) electrons. The number of hydrogen-bond acceptors (Lipinski definition) is 5. The summed E-state index contributed by atoms with van der Waals surface area (Å²) < 4.78 is 1.64. The number of halogens is 1. The Labute approximate surface area is 141 Å². The Hall–Kier alpha value is -1.99. The lowest BCUT2D eigenvalue weighted by molar-refractivity contribution is -0.120. The standard InChI is InChI=1S/C15H20N6O.ClH/c1-10-8-12(6-7-16-10)15(22)17-13-4-3-5-14(9-13)21-11(2)18-19-20-21;/h3-5,9-10,12,16H,6-8H2,1-2H3,(H,17,22);1H/t10-,12-;/m0./s1. The second-order valence-electron chi connectivity index (χ2n) is 5.75. The Balaban J connectivity index is 0.00000192. The summed E-state index contributed by atoms with van der Waals surface area (Å²) in [7, 11) is 0. The van der Waals surface area contributed by atoms with Crippen LogP contribution < -0.4 is 10.6 Å². The quantitative estimate of drug-likeness (QED) is 0.891. The maximum absolute atomic E-state index is 12.4. The van der Waals surface area contributed by atoms with Gasteiger partial charge in [-0.15, -0.1) is 17.5 Å². The predicted molar refractivity (Wildman–Crippen MR) is 90.0 cm³/mol. The lowest BCUT2D eigenvalue weighted by atomic mass is 9.92. The van der Waals surface area contributed by atoms with Gasteiger partial charge in [0.1, 0.15) is 0 Å². The molecule has 0 saturated carbocycles. The van der Waals surface area contributed by atoms with E-state index in [9.17, 15) is 4.79 Å². The third-order valence-electron chi connectivity index (χ3n) is 3.98. The highest BCUT2D eigenvalue weighted by molar-refractivity contribution is 5.92. The van der Waals surface area contributed by atoms with Crippen molar-refractivity contribution in [2.45, 2.75) is 32.7 Å². The molecule has 1 amide bonds. The van der Waals surface area contributed by atoms with Gasteiger partial charge in [-0.2, -0.15) is 4.68 Å². The number of aryl methyl sites for hydroxylation is 1. The minimum absolute atomic E-state index is 0. The van der Waals surface area contributed by atoms with Crippen LogP contribution in [0.5, 0.6) is 0 Å². The zero-order valence-electron chi connectivity index (χ0n) is 13.2. The lowest BCUT2D eigenvalue weighted by Gasteiger charge is -2.27. The molecule has 1 fully saturated rings. The SMILES string of the molecule is Cc1nnnn1-c1cccc(NC(=O)[C@H]2CCN[C@@H](C)C2)c1.Cl. The van der Waals surface area contributed by atoms with Crippen LogP contribution >= 0.6 is 12.4 Å². The summed E-state index contributed by atoms with van der Waals surface area (Å²) >= 11 is 0. The molecule has 2 N–H and O–H groups in total. The maximum atomic E-state index is 12.4. The van der Waals surface area contributed by atoms with Crippen molar-refractivity contribution in [1.82, 2.24) is 25.5 Å². The van der Waals surface area contributed by atoms with E-state index < -0.39 is 0 Å². The number of anilines is 1. The Morgan fingerprint density at radius 3 is 2.96 bits per heavy atom. The van der Waals surface area contributed by atoms with E-state index in [1.54, 1.807) is 4.68 Å². The molecule has 2 aromatic rings. The third-order valence-corrected chi connectivity index (χ3v) is 3.98. The number of hydrogen-bond donors (Lipinski definition) is 2. The Kier molecular flexibility index (Phi) is 5.68. The van der Waals surface area contributed by atoms with E-state index in [4.69, 9.17) is 0 Å². The van der Waals surface area contributed by atoms with E-state index in [2.05, 4.69) is 33.1 Å². The molecule has 7 nitrogen and oxygen atoms in total. The molecule has 0 bridgehead atoms. The molecule has 0 unspecified atom stereocenters. The zero-order chi connectivity index (χ0) is 15.5. The van der Waals surface area contributed by atoms with Gasteiger partial charge in [0.25, 0.3) is 0 Å². The molecule has 0 spiro atoms. The van der Waals surface area contributed by atoms with Crippen molar-refractivity contribution >= 4 is 24.0 Å². The monoisotopic (exact) mass is 336 g/mol. The first kappa shape index (κ1) is 17.4. The van der Waals surface area contributed by atoms with Crippen molar-refractivity contribution in [3.8, 4) is 5.69 Å². The van der Waals surface area contributed by atoms with Gasteiger partial charge in [0.05, 0.1) is 5.69 Å². The smallest absolute Gasteiger partial charge is 0.227 e. The third kappa shape index (κ3) is 4.05. The van der Waals surface area contributed by atoms with E-state index in [0.717, 1.165) is 30.8 Å². The van der Waals surface area contributed by atoms with Gasteiger partial charge in [-0.1, -0.05) is 6.07 Å². The molecule has 8 heteroatoms. The van der Waals surface area contributed by atoms with Gasteiger partial charge < -0.3 is 10.6 Å². The number of amides is 1. The molecular weight excluding hydrogens is 316 g/mol. The average Bonchev–Trinajstić information content (AvgIpc) is 2.94. The molecule has 2 atom stereocenters. The Morgan fingerprint density at radius 1 is 1.43 bits per heavy atom. The molecule has 1 aromatic heterocycles. The van der Waals surface area contributed by atoms with Crippen LogP contribution in [0.25, 0.3) is 5.69 Å². The first-order chi connectivity index (χ1) is 10.6. The highest BCUT2D eigenvalue weighted by Gasteiger charge is 2.24. The molecule has 2 heterocycles. The predicted octanol–water partition coefficient (Wildman–Crippen LogP) is 1.72. The summed E-state index contributed by atoms with van der Waals surface area (Å²) in [6.45, 7) is 4.84. The van der Waals surface area contributed by atoms with Crippen LogP contribution in [0, 0.1) is 12.8 Å². The molecule has 3 rings (SSSR count). The maximum Gasteiger partial charge on any atom is 0.227 e.